The zero-order chi connectivity index (χ0) is 15.1. The highest BCUT2D eigenvalue weighted by Crippen LogP contribution is 2.18. The molecule has 1 aromatic carbocycles. The summed E-state index contributed by atoms with van der Waals surface area (Å²) < 4.78 is 5.78. The summed E-state index contributed by atoms with van der Waals surface area (Å²) in [6, 6.07) is 7.45. The minimum absolute atomic E-state index is 0.0484. The van der Waals surface area contributed by atoms with Gasteiger partial charge in [-0.25, -0.2) is 0 Å². The number of carbonyl (C=O) groups is 1. The Bertz CT molecular complexity index is 456. The molecule has 1 saturated heterocycles. The first-order valence-electron chi connectivity index (χ1n) is 7.79. The van der Waals surface area contributed by atoms with E-state index in [0.717, 1.165) is 32.1 Å². The van der Waals surface area contributed by atoms with E-state index in [1.54, 1.807) is 6.92 Å². The van der Waals surface area contributed by atoms with Crippen LogP contribution in [0, 0.1) is 5.92 Å². The van der Waals surface area contributed by atoms with E-state index < -0.39 is 0 Å². The lowest BCUT2D eigenvalue weighted by Crippen LogP contribution is -2.38. The molecule has 1 fully saturated rings. The van der Waals surface area contributed by atoms with Crippen LogP contribution in [0.25, 0.3) is 0 Å². The Balaban J connectivity index is 1.74. The molecule has 1 N–H and O–H groups in total. The molecule has 1 aliphatic heterocycles. The van der Waals surface area contributed by atoms with Crippen LogP contribution in [-0.2, 0) is 0 Å². The van der Waals surface area contributed by atoms with Gasteiger partial charge in [0.15, 0.2) is 5.78 Å². The van der Waals surface area contributed by atoms with Crippen LogP contribution in [-0.4, -0.2) is 50.5 Å². The molecule has 4 nitrogen and oxygen atoms in total. The third-order valence-corrected chi connectivity index (χ3v) is 3.97. The first-order valence-corrected chi connectivity index (χ1v) is 7.79. The third kappa shape index (κ3) is 5.14. The van der Waals surface area contributed by atoms with Crippen LogP contribution >= 0.6 is 0 Å². The van der Waals surface area contributed by atoms with Gasteiger partial charge in [0, 0.05) is 13.1 Å². The monoisotopic (exact) mass is 290 g/mol. The SMILES string of the molecule is CC(=O)c1ccccc1OCCN(C)CC1CCCNC1. The van der Waals surface area contributed by atoms with Gasteiger partial charge in [0.2, 0.25) is 0 Å². The first kappa shape index (κ1) is 16.0. The van der Waals surface area contributed by atoms with E-state index >= 15 is 0 Å². The maximum absolute atomic E-state index is 11.5. The van der Waals surface area contributed by atoms with Gasteiger partial charge in [-0.15, -0.1) is 0 Å². The number of hydrogen-bond acceptors (Lipinski definition) is 4. The van der Waals surface area contributed by atoms with Crippen LogP contribution in [0.15, 0.2) is 24.3 Å². The molecule has 0 bridgehead atoms. The second-order valence-electron chi connectivity index (χ2n) is 5.88. The Morgan fingerprint density at radius 2 is 2.24 bits per heavy atom. The van der Waals surface area contributed by atoms with Gasteiger partial charge in [-0.05, 0) is 58.0 Å². The van der Waals surface area contributed by atoms with Crippen LogP contribution < -0.4 is 10.1 Å². The van der Waals surface area contributed by atoms with E-state index in [-0.39, 0.29) is 5.78 Å². The molecule has 1 aromatic rings. The Morgan fingerprint density at radius 1 is 1.43 bits per heavy atom. The van der Waals surface area contributed by atoms with Crippen molar-refractivity contribution in [3.8, 4) is 5.75 Å². The molecule has 1 unspecified atom stereocenters. The average Bonchev–Trinajstić information content (AvgIpc) is 2.48. The van der Waals surface area contributed by atoms with E-state index in [9.17, 15) is 4.79 Å². The second-order valence-corrected chi connectivity index (χ2v) is 5.88. The highest BCUT2D eigenvalue weighted by molar-refractivity contribution is 5.96. The molecule has 4 heteroatoms. The molecule has 0 amide bonds. The molecule has 1 atom stereocenters. The summed E-state index contributed by atoms with van der Waals surface area (Å²) in [6.45, 7) is 6.45. The van der Waals surface area contributed by atoms with Crippen molar-refractivity contribution in [3.05, 3.63) is 29.8 Å². The highest BCUT2D eigenvalue weighted by Gasteiger charge is 2.15. The van der Waals surface area contributed by atoms with Gasteiger partial charge in [-0.2, -0.15) is 0 Å². The molecule has 116 valence electrons. The van der Waals surface area contributed by atoms with Gasteiger partial charge in [-0.1, -0.05) is 12.1 Å². The van der Waals surface area contributed by atoms with Crippen molar-refractivity contribution in [1.82, 2.24) is 10.2 Å². The summed E-state index contributed by atoms with van der Waals surface area (Å²) in [7, 11) is 2.13. The Hall–Kier alpha value is -1.39. The van der Waals surface area contributed by atoms with Crippen LogP contribution in [0.2, 0.25) is 0 Å². The molecule has 0 saturated carbocycles. The van der Waals surface area contributed by atoms with Gasteiger partial charge >= 0.3 is 0 Å². The quantitative estimate of drug-likeness (QED) is 0.782. The normalized spacial score (nSPS) is 18.7. The number of para-hydroxylation sites is 1. The molecule has 0 aromatic heterocycles. The van der Waals surface area contributed by atoms with Crippen molar-refractivity contribution in [3.63, 3.8) is 0 Å². The van der Waals surface area contributed by atoms with Crippen LogP contribution in [0.3, 0.4) is 0 Å². The van der Waals surface area contributed by atoms with Crippen molar-refractivity contribution in [1.29, 1.82) is 0 Å². The summed E-state index contributed by atoms with van der Waals surface area (Å²) in [4.78, 5) is 13.8. The van der Waals surface area contributed by atoms with Gasteiger partial charge in [0.05, 0.1) is 5.56 Å². The zero-order valence-electron chi connectivity index (χ0n) is 13.1. The van der Waals surface area contributed by atoms with Crippen molar-refractivity contribution >= 4 is 5.78 Å². The largest absolute Gasteiger partial charge is 0.491 e. The number of carbonyl (C=O) groups excluding carboxylic acids is 1. The molecule has 0 aliphatic carbocycles. The highest BCUT2D eigenvalue weighted by atomic mass is 16.5. The number of piperidine rings is 1. The van der Waals surface area contributed by atoms with Crippen LogP contribution in [0.5, 0.6) is 5.75 Å². The van der Waals surface area contributed by atoms with E-state index in [4.69, 9.17) is 4.74 Å². The van der Waals surface area contributed by atoms with Crippen molar-refractivity contribution in [2.45, 2.75) is 19.8 Å². The summed E-state index contributed by atoms with van der Waals surface area (Å²) >= 11 is 0. The number of hydrogen-bond donors (Lipinski definition) is 1. The molecular weight excluding hydrogens is 264 g/mol. The Kier molecular flexibility index (Phi) is 6.21. The number of nitrogens with zero attached hydrogens (tertiary/aromatic N) is 1. The van der Waals surface area contributed by atoms with Gasteiger partial charge in [0.1, 0.15) is 12.4 Å². The predicted molar refractivity (Wildman–Crippen MR) is 85.0 cm³/mol. The maximum Gasteiger partial charge on any atom is 0.163 e. The van der Waals surface area contributed by atoms with Crippen LogP contribution in [0.1, 0.15) is 30.1 Å². The predicted octanol–water partition coefficient (Wildman–Crippen LogP) is 2.20. The molecule has 0 radical (unpaired) electrons. The van der Waals surface area contributed by atoms with E-state index in [2.05, 4.69) is 17.3 Å². The lowest BCUT2D eigenvalue weighted by molar-refractivity contribution is 0.101. The number of likely N-dealkylation sites (N-methyl/N-ethyl adjacent to an activating group) is 1. The fourth-order valence-electron chi connectivity index (χ4n) is 2.81. The molecule has 1 aliphatic rings. The molecule has 21 heavy (non-hydrogen) atoms. The van der Waals surface area contributed by atoms with Crippen molar-refractivity contribution in [2.75, 3.05) is 39.8 Å². The smallest absolute Gasteiger partial charge is 0.163 e. The minimum atomic E-state index is 0.0484. The van der Waals surface area contributed by atoms with E-state index in [1.807, 2.05) is 24.3 Å². The summed E-state index contributed by atoms with van der Waals surface area (Å²) in [5.41, 5.74) is 0.664. The number of benzene rings is 1. The standard InChI is InChI=1S/C17H26N2O2/c1-14(20)16-7-3-4-8-17(16)21-11-10-19(2)13-15-6-5-9-18-12-15/h3-4,7-8,15,18H,5-6,9-13H2,1-2H3. The molecule has 2 rings (SSSR count). The summed E-state index contributed by atoms with van der Waals surface area (Å²) in [6.07, 6.45) is 2.59. The third-order valence-electron chi connectivity index (χ3n) is 3.97. The lowest BCUT2D eigenvalue weighted by Gasteiger charge is -2.27. The Labute approximate surface area is 127 Å². The molecule has 0 spiro atoms. The van der Waals surface area contributed by atoms with Gasteiger partial charge in [0.25, 0.3) is 0 Å². The second kappa shape index (κ2) is 8.15. The zero-order valence-corrected chi connectivity index (χ0v) is 13.1. The number of ether oxygens (including phenoxy) is 1. The average molecular weight is 290 g/mol. The number of Topliss-reactive ketones (excluding diaryl/α,β-unsaturated/α-hetero) is 1. The van der Waals surface area contributed by atoms with E-state index in [0.29, 0.717) is 17.9 Å². The number of rotatable bonds is 7. The fraction of sp³-hybridized carbons (Fsp3) is 0.588. The fourth-order valence-corrected chi connectivity index (χ4v) is 2.81. The lowest BCUT2D eigenvalue weighted by atomic mass is 9.99. The Morgan fingerprint density at radius 3 is 2.95 bits per heavy atom. The topological polar surface area (TPSA) is 41.6 Å². The number of ketones is 1. The van der Waals surface area contributed by atoms with Gasteiger partial charge in [-0.3, -0.25) is 4.79 Å². The summed E-state index contributed by atoms with van der Waals surface area (Å²) in [5.74, 6) is 1.48. The molecule has 1 heterocycles. The van der Waals surface area contributed by atoms with Crippen molar-refractivity contribution < 1.29 is 9.53 Å². The van der Waals surface area contributed by atoms with E-state index in [1.165, 1.54) is 12.8 Å². The summed E-state index contributed by atoms with van der Waals surface area (Å²) in [5, 5.41) is 3.45. The van der Waals surface area contributed by atoms with Gasteiger partial charge < -0.3 is 15.0 Å². The van der Waals surface area contributed by atoms with Crippen LogP contribution in [0.4, 0.5) is 0 Å². The maximum atomic E-state index is 11.5. The minimum Gasteiger partial charge on any atom is -0.491 e. The van der Waals surface area contributed by atoms with Crippen molar-refractivity contribution in [2.24, 2.45) is 5.92 Å². The first-order chi connectivity index (χ1) is 10.2. The molecular formula is C17H26N2O2. The number of nitrogens with one attached hydrogen (secondary N) is 1.